The third-order valence-electron chi connectivity index (χ3n) is 6.77. The molecule has 2 amide bonds. The summed E-state index contributed by atoms with van der Waals surface area (Å²) in [5.41, 5.74) is 0.317. The van der Waals surface area contributed by atoms with Crippen molar-refractivity contribution in [1.29, 1.82) is 0 Å². The highest BCUT2D eigenvalue weighted by Crippen LogP contribution is 2.37. The fourth-order valence-corrected chi connectivity index (χ4v) is 5.92. The van der Waals surface area contributed by atoms with Gasteiger partial charge in [0.1, 0.15) is 10.6 Å². The van der Waals surface area contributed by atoms with Gasteiger partial charge in [-0.3, -0.25) is 9.59 Å². The molecule has 3 heterocycles. The van der Waals surface area contributed by atoms with Crippen molar-refractivity contribution in [2.24, 2.45) is 5.41 Å². The lowest BCUT2D eigenvalue weighted by molar-refractivity contribution is -0.137. The third kappa shape index (κ3) is 5.90. The van der Waals surface area contributed by atoms with Gasteiger partial charge in [0.05, 0.1) is 17.3 Å². The monoisotopic (exact) mass is 504 g/mol. The van der Waals surface area contributed by atoms with Gasteiger partial charge in [-0.1, -0.05) is 17.7 Å². The first-order valence-electron chi connectivity index (χ1n) is 11.8. The van der Waals surface area contributed by atoms with E-state index in [1.807, 2.05) is 41.8 Å². The van der Waals surface area contributed by atoms with Crippen LogP contribution in [0.2, 0.25) is 5.02 Å². The molecule has 0 bridgehead atoms. The minimum Gasteiger partial charge on any atom is -0.493 e. The quantitative estimate of drug-likeness (QED) is 0.597. The Kier molecular flexibility index (Phi) is 7.80. The summed E-state index contributed by atoms with van der Waals surface area (Å²) in [6, 6.07) is 7.32. The number of aromatic nitrogens is 1. The number of ether oxygens (including phenoxy) is 1. The van der Waals surface area contributed by atoms with Gasteiger partial charge < -0.3 is 19.4 Å². The van der Waals surface area contributed by atoms with Crippen molar-refractivity contribution in [2.75, 3.05) is 52.9 Å². The van der Waals surface area contributed by atoms with Crippen LogP contribution < -0.4 is 4.74 Å². The van der Waals surface area contributed by atoms with Gasteiger partial charge in [0, 0.05) is 56.1 Å². The number of piperidine rings is 1. The van der Waals surface area contributed by atoms with Gasteiger partial charge >= 0.3 is 0 Å². The predicted octanol–water partition coefficient (Wildman–Crippen LogP) is 3.88. The summed E-state index contributed by atoms with van der Waals surface area (Å²) in [5.74, 6) is 0.820. The number of thiazole rings is 1. The number of benzene rings is 1. The Balaban J connectivity index is 1.53. The van der Waals surface area contributed by atoms with Gasteiger partial charge in [-0.2, -0.15) is 0 Å². The highest BCUT2D eigenvalue weighted by Gasteiger charge is 2.41. The van der Waals surface area contributed by atoms with Crippen LogP contribution in [0.15, 0.2) is 24.3 Å². The van der Waals surface area contributed by atoms with Crippen molar-refractivity contribution in [2.45, 2.75) is 33.1 Å². The Bertz CT molecular complexity index is 1040. The second kappa shape index (κ2) is 10.6. The summed E-state index contributed by atoms with van der Waals surface area (Å²) in [6.07, 6.45) is 2.02. The number of likely N-dealkylation sites (tertiary alicyclic amines) is 1. The fraction of sp³-hybridized carbons (Fsp3) is 0.560. The van der Waals surface area contributed by atoms with Crippen LogP contribution >= 0.6 is 22.9 Å². The number of carbonyl (C=O) groups is 2. The molecule has 7 nitrogen and oxygen atoms in total. The van der Waals surface area contributed by atoms with Crippen molar-refractivity contribution in [3.8, 4) is 5.75 Å². The van der Waals surface area contributed by atoms with Crippen molar-refractivity contribution in [1.82, 2.24) is 19.7 Å². The first kappa shape index (κ1) is 24.9. The van der Waals surface area contributed by atoms with Gasteiger partial charge in [-0.25, -0.2) is 4.98 Å². The lowest BCUT2D eigenvalue weighted by Crippen LogP contribution is -2.53. The minimum atomic E-state index is -0.454. The average Bonchev–Trinajstić information content (AvgIpc) is 3.15. The second-order valence-electron chi connectivity index (χ2n) is 9.58. The molecule has 1 atom stereocenters. The summed E-state index contributed by atoms with van der Waals surface area (Å²) in [4.78, 5) is 38.0. The Morgan fingerprint density at radius 1 is 1.15 bits per heavy atom. The lowest BCUT2D eigenvalue weighted by Gasteiger charge is -2.43. The Hall–Kier alpha value is -2.16. The molecule has 2 saturated heterocycles. The number of rotatable bonds is 6. The molecule has 184 valence electrons. The topological polar surface area (TPSA) is 66.0 Å². The molecular weight excluding hydrogens is 472 g/mol. The molecule has 0 radical (unpaired) electrons. The molecule has 2 fully saturated rings. The van der Waals surface area contributed by atoms with Crippen molar-refractivity contribution in [3.05, 3.63) is 44.9 Å². The van der Waals surface area contributed by atoms with E-state index in [0.717, 1.165) is 49.7 Å². The van der Waals surface area contributed by atoms with Crippen LogP contribution in [-0.4, -0.2) is 84.4 Å². The van der Waals surface area contributed by atoms with E-state index in [4.69, 9.17) is 16.3 Å². The molecule has 34 heavy (non-hydrogen) atoms. The van der Waals surface area contributed by atoms with Crippen LogP contribution in [-0.2, 0) is 4.79 Å². The number of piperazine rings is 1. The van der Waals surface area contributed by atoms with E-state index in [0.29, 0.717) is 41.8 Å². The summed E-state index contributed by atoms with van der Waals surface area (Å²) in [6.45, 7) is 8.57. The SMILES string of the molecule is Cc1nc(C)c(C(=O)N2CCC[C@@](COc3cccc(Cl)c3)(CC(=O)N3CCN(C)CC3)C2)s1. The van der Waals surface area contributed by atoms with Crippen LogP contribution in [0, 0.1) is 19.3 Å². The molecule has 9 heteroatoms. The van der Waals surface area contributed by atoms with E-state index in [-0.39, 0.29) is 11.8 Å². The Morgan fingerprint density at radius 2 is 1.91 bits per heavy atom. The molecule has 2 aliphatic rings. The third-order valence-corrected chi connectivity index (χ3v) is 8.07. The summed E-state index contributed by atoms with van der Waals surface area (Å²) in [5, 5.41) is 1.50. The Morgan fingerprint density at radius 3 is 2.59 bits per heavy atom. The van der Waals surface area contributed by atoms with E-state index in [9.17, 15) is 9.59 Å². The zero-order chi connectivity index (χ0) is 24.3. The number of hydrogen-bond acceptors (Lipinski definition) is 6. The molecule has 2 aromatic rings. The molecule has 2 aliphatic heterocycles. The largest absolute Gasteiger partial charge is 0.493 e. The lowest BCUT2D eigenvalue weighted by atomic mass is 9.77. The maximum Gasteiger partial charge on any atom is 0.265 e. The zero-order valence-corrected chi connectivity index (χ0v) is 21.8. The number of carbonyl (C=O) groups excluding carboxylic acids is 2. The van der Waals surface area contributed by atoms with Crippen molar-refractivity contribution < 1.29 is 14.3 Å². The minimum absolute atomic E-state index is 0.00183. The molecule has 0 spiro atoms. The van der Waals surface area contributed by atoms with Gasteiger partial charge in [0.2, 0.25) is 5.91 Å². The van der Waals surface area contributed by atoms with Crippen LogP contribution in [0.1, 0.15) is 39.6 Å². The predicted molar refractivity (Wildman–Crippen MR) is 135 cm³/mol. The average molecular weight is 505 g/mol. The second-order valence-corrected chi connectivity index (χ2v) is 11.2. The molecule has 4 rings (SSSR count). The number of nitrogens with zero attached hydrogens (tertiary/aromatic N) is 4. The smallest absolute Gasteiger partial charge is 0.265 e. The highest BCUT2D eigenvalue weighted by atomic mass is 35.5. The molecule has 0 N–H and O–H groups in total. The van der Waals surface area contributed by atoms with Gasteiger partial charge in [-0.15, -0.1) is 11.3 Å². The summed E-state index contributed by atoms with van der Waals surface area (Å²) >= 11 is 7.58. The van der Waals surface area contributed by atoms with E-state index in [1.165, 1.54) is 11.3 Å². The van der Waals surface area contributed by atoms with E-state index in [2.05, 4.69) is 16.9 Å². The highest BCUT2D eigenvalue weighted by molar-refractivity contribution is 7.13. The van der Waals surface area contributed by atoms with Crippen LogP contribution in [0.4, 0.5) is 0 Å². The first-order valence-corrected chi connectivity index (χ1v) is 13.0. The molecular formula is C25H33ClN4O3S. The van der Waals surface area contributed by atoms with E-state index >= 15 is 0 Å². The van der Waals surface area contributed by atoms with Crippen molar-refractivity contribution >= 4 is 34.8 Å². The van der Waals surface area contributed by atoms with E-state index < -0.39 is 5.41 Å². The summed E-state index contributed by atoms with van der Waals surface area (Å²) in [7, 11) is 2.08. The van der Waals surface area contributed by atoms with Crippen molar-refractivity contribution in [3.63, 3.8) is 0 Å². The number of aryl methyl sites for hydroxylation is 2. The van der Waals surface area contributed by atoms with Crippen LogP contribution in [0.5, 0.6) is 5.75 Å². The zero-order valence-electron chi connectivity index (χ0n) is 20.2. The van der Waals surface area contributed by atoms with Crippen LogP contribution in [0.25, 0.3) is 0 Å². The molecule has 1 aromatic heterocycles. The van der Waals surface area contributed by atoms with E-state index in [1.54, 1.807) is 6.07 Å². The maximum atomic E-state index is 13.4. The van der Waals surface area contributed by atoms with Gasteiger partial charge in [0.15, 0.2) is 0 Å². The first-order chi connectivity index (χ1) is 16.2. The number of halogens is 1. The number of likely N-dealkylation sites (N-methyl/N-ethyl adjacent to an activating group) is 1. The summed E-state index contributed by atoms with van der Waals surface area (Å²) < 4.78 is 6.19. The number of amides is 2. The maximum absolute atomic E-state index is 13.4. The van der Waals surface area contributed by atoms with Crippen LogP contribution in [0.3, 0.4) is 0 Å². The van der Waals surface area contributed by atoms with Gasteiger partial charge in [0.25, 0.3) is 5.91 Å². The van der Waals surface area contributed by atoms with Gasteiger partial charge in [-0.05, 0) is 51.9 Å². The molecule has 0 unspecified atom stereocenters. The molecule has 1 aromatic carbocycles. The molecule has 0 aliphatic carbocycles. The normalized spacial score (nSPS) is 21.5. The Labute approximate surface area is 210 Å². The molecule has 0 saturated carbocycles. The number of hydrogen-bond donors (Lipinski definition) is 0. The fourth-order valence-electron chi connectivity index (χ4n) is 4.85. The standard InChI is InChI=1S/C25H33ClN4O3S/c1-18-23(34-19(2)27-18)24(32)30-9-5-8-25(16-30,17-33-21-7-4-6-20(26)14-21)15-22(31)29-12-10-28(3)11-13-29/h4,6-7,14H,5,8-13,15-17H2,1-3H3/t25-/m1/s1.